The van der Waals surface area contributed by atoms with Crippen LogP contribution in [0.3, 0.4) is 0 Å². The molecule has 0 aliphatic carbocycles. The second-order valence-electron chi connectivity index (χ2n) is 6.62. The molecule has 0 saturated heterocycles. The summed E-state index contributed by atoms with van der Waals surface area (Å²) < 4.78 is 61.3. The van der Waals surface area contributed by atoms with Gasteiger partial charge in [0.05, 0.1) is 17.0 Å². The number of nitrogens with zero attached hydrogens (tertiary/aromatic N) is 1. The third kappa shape index (κ3) is 6.77. The number of sulfone groups is 1. The van der Waals surface area contributed by atoms with Crippen LogP contribution in [-0.2, 0) is 29.1 Å². The van der Waals surface area contributed by atoms with Crippen LogP contribution >= 0.6 is 0 Å². The fourth-order valence-corrected chi connectivity index (χ4v) is 3.69. The molecule has 0 fully saturated rings. The number of hydrogen-bond donors (Lipinski definition) is 2. The molecule has 5 nitrogen and oxygen atoms in total. The van der Waals surface area contributed by atoms with E-state index in [1.54, 1.807) is 25.1 Å². The Kier molecular flexibility index (Phi) is 7.29. The summed E-state index contributed by atoms with van der Waals surface area (Å²) in [5.41, 5.74) is 1.51. The standard InChI is InChI=1S/C20H24F3N3O2S/c1-4-24-19(25-12-15-5-8-17(9-6-15)20(21,22)23)26-13-16-7-10-18(14(2)11-16)29(3,27)28/h5-11H,4,12-13H2,1-3H3,(H2,24,25,26). The van der Waals surface area contributed by atoms with Crippen LogP contribution in [0, 0.1) is 6.92 Å². The first-order valence-corrected chi connectivity index (χ1v) is 10.9. The normalized spacial score (nSPS) is 12.7. The fraction of sp³-hybridized carbons (Fsp3) is 0.350. The van der Waals surface area contributed by atoms with E-state index in [0.29, 0.717) is 36.7 Å². The number of alkyl halides is 3. The van der Waals surface area contributed by atoms with Gasteiger partial charge in [-0.3, -0.25) is 0 Å². The molecule has 0 radical (unpaired) electrons. The largest absolute Gasteiger partial charge is 0.416 e. The number of aliphatic imine (C=N–C) groups is 1. The molecule has 29 heavy (non-hydrogen) atoms. The Labute approximate surface area is 169 Å². The van der Waals surface area contributed by atoms with Gasteiger partial charge in [-0.25, -0.2) is 13.4 Å². The summed E-state index contributed by atoms with van der Waals surface area (Å²) >= 11 is 0. The molecule has 0 unspecified atom stereocenters. The number of benzene rings is 2. The Bertz CT molecular complexity index is 969. The van der Waals surface area contributed by atoms with Crippen LogP contribution in [0.15, 0.2) is 52.4 Å². The molecule has 0 heterocycles. The van der Waals surface area contributed by atoms with Crippen LogP contribution in [-0.4, -0.2) is 27.2 Å². The van der Waals surface area contributed by atoms with Crippen LogP contribution in [0.25, 0.3) is 0 Å². The Morgan fingerprint density at radius 1 is 1.03 bits per heavy atom. The lowest BCUT2D eigenvalue weighted by atomic mass is 10.1. The van der Waals surface area contributed by atoms with E-state index in [2.05, 4.69) is 15.6 Å². The second-order valence-corrected chi connectivity index (χ2v) is 8.60. The van der Waals surface area contributed by atoms with Crippen LogP contribution in [0.1, 0.15) is 29.2 Å². The van der Waals surface area contributed by atoms with Gasteiger partial charge in [0.2, 0.25) is 0 Å². The monoisotopic (exact) mass is 427 g/mol. The molecule has 0 atom stereocenters. The van der Waals surface area contributed by atoms with Crippen molar-refractivity contribution in [2.75, 3.05) is 12.8 Å². The van der Waals surface area contributed by atoms with Crippen molar-refractivity contribution in [3.63, 3.8) is 0 Å². The summed E-state index contributed by atoms with van der Waals surface area (Å²) in [6.45, 7) is 4.90. The van der Waals surface area contributed by atoms with Gasteiger partial charge in [0, 0.05) is 19.3 Å². The minimum atomic E-state index is -4.35. The van der Waals surface area contributed by atoms with Crippen molar-refractivity contribution >= 4 is 15.8 Å². The highest BCUT2D eigenvalue weighted by Gasteiger charge is 2.29. The van der Waals surface area contributed by atoms with E-state index in [0.717, 1.165) is 17.7 Å². The van der Waals surface area contributed by atoms with Gasteiger partial charge in [0.15, 0.2) is 15.8 Å². The fourth-order valence-electron chi connectivity index (χ4n) is 2.74. The summed E-state index contributed by atoms with van der Waals surface area (Å²) in [6.07, 6.45) is -3.19. The van der Waals surface area contributed by atoms with E-state index in [-0.39, 0.29) is 4.90 Å². The van der Waals surface area contributed by atoms with Crippen LogP contribution in [0.4, 0.5) is 13.2 Å². The number of aryl methyl sites for hydroxylation is 1. The lowest BCUT2D eigenvalue weighted by Crippen LogP contribution is -2.36. The maximum Gasteiger partial charge on any atom is 0.416 e. The molecular formula is C20H24F3N3O2S. The van der Waals surface area contributed by atoms with Gasteiger partial charge in [0.25, 0.3) is 0 Å². The van der Waals surface area contributed by atoms with Crippen molar-refractivity contribution in [1.29, 1.82) is 0 Å². The van der Waals surface area contributed by atoms with Crippen molar-refractivity contribution in [3.05, 3.63) is 64.7 Å². The highest BCUT2D eigenvalue weighted by molar-refractivity contribution is 7.90. The van der Waals surface area contributed by atoms with E-state index in [9.17, 15) is 21.6 Å². The molecule has 0 aromatic heterocycles. The molecule has 2 rings (SSSR count). The lowest BCUT2D eigenvalue weighted by molar-refractivity contribution is -0.137. The maximum atomic E-state index is 12.6. The summed E-state index contributed by atoms with van der Waals surface area (Å²) in [5, 5.41) is 6.15. The van der Waals surface area contributed by atoms with E-state index < -0.39 is 21.6 Å². The zero-order valence-electron chi connectivity index (χ0n) is 16.5. The van der Waals surface area contributed by atoms with Gasteiger partial charge in [0.1, 0.15) is 0 Å². The Hall–Kier alpha value is -2.55. The SMILES string of the molecule is CCNC(=NCc1ccc(S(C)(=O)=O)c(C)c1)NCc1ccc(C(F)(F)F)cc1. The zero-order valence-corrected chi connectivity index (χ0v) is 17.3. The number of halogens is 3. The highest BCUT2D eigenvalue weighted by atomic mass is 32.2. The van der Waals surface area contributed by atoms with Crippen molar-refractivity contribution in [2.45, 2.75) is 38.0 Å². The number of guanidine groups is 1. The summed E-state index contributed by atoms with van der Waals surface area (Å²) in [4.78, 5) is 4.74. The van der Waals surface area contributed by atoms with Crippen molar-refractivity contribution < 1.29 is 21.6 Å². The average molecular weight is 427 g/mol. The van der Waals surface area contributed by atoms with Crippen LogP contribution in [0.2, 0.25) is 0 Å². The van der Waals surface area contributed by atoms with Crippen LogP contribution in [0.5, 0.6) is 0 Å². The quantitative estimate of drug-likeness (QED) is 0.545. The summed E-state index contributed by atoms with van der Waals surface area (Å²) in [7, 11) is -3.27. The van der Waals surface area contributed by atoms with Gasteiger partial charge in [-0.05, 0) is 48.7 Å². The van der Waals surface area contributed by atoms with Gasteiger partial charge in [-0.2, -0.15) is 13.2 Å². The molecule has 0 amide bonds. The molecule has 2 aromatic carbocycles. The first-order chi connectivity index (χ1) is 13.5. The smallest absolute Gasteiger partial charge is 0.357 e. The molecule has 0 bridgehead atoms. The minimum Gasteiger partial charge on any atom is -0.357 e. The third-order valence-corrected chi connectivity index (χ3v) is 5.40. The molecule has 9 heteroatoms. The number of hydrogen-bond acceptors (Lipinski definition) is 3. The molecular weight excluding hydrogens is 403 g/mol. The Morgan fingerprint density at radius 3 is 2.17 bits per heavy atom. The third-order valence-electron chi connectivity index (χ3n) is 4.14. The predicted octanol–water partition coefficient (Wildman–Crippen LogP) is 3.67. The topological polar surface area (TPSA) is 70.6 Å². The van der Waals surface area contributed by atoms with Gasteiger partial charge >= 0.3 is 6.18 Å². The predicted molar refractivity (Wildman–Crippen MR) is 107 cm³/mol. The molecule has 0 saturated carbocycles. The summed E-state index contributed by atoms with van der Waals surface area (Å²) in [5.74, 6) is 0.511. The molecule has 0 aliphatic heterocycles. The zero-order chi connectivity index (χ0) is 21.7. The summed E-state index contributed by atoms with van der Waals surface area (Å²) in [6, 6.07) is 10.0. The second kappa shape index (κ2) is 9.30. The Balaban J connectivity index is 2.05. The van der Waals surface area contributed by atoms with Crippen LogP contribution < -0.4 is 10.6 Å². The molecule has 0 spiro atoms. The van der Waals surface area contributed by atoms with Gasteiger partial charge in [-0.1, -0.05) is 24.3 Å². The first-order valence-electron chi connectivity index (χ1n) is 8.98. The molecule has 158 valence electrons. The molecule has 0 aliphatic rings. The highest BCUT2D eigenvalue weighted by Crippen LogP contribution is 2.29. The van der Waals surface area contributed by atoms with Gasteiger partial charge in [-0.15, -0.1) is 0 Å². The lowest BCUT2D eigenvalue weighted by Gasteiger charge is -2.13. The first kappa shape index (κ1) is 22.7. The average Bonchev–Trinajstić information content (AvgIpc) is 2.62. The number of nitrogens with one attached hydrogen (secondary N) is 2. The van der Waals surface area contributed by atoms with E-state index in [1.165, 1.54) is 18.4 Å². The molecule has 2 N–H and O–H groups in total. The molecule has 2 aromatic rings. The van der Waals surface area contributed by atoms with E-state index in [4.69, 9.17) is 0 Å². The number of rotatable bonds is 6. The minimum absolute atomic E-state index is 0.289. The van der Waals surface area contributed by atoms with E-state index >= 15 is 0 Å². The van der Waals surface area contributed by atoms with E-state index in [1.807, 2.05) is 6.92 Å². The van der Waals surface area contributed by atoms with Crippen molar-refractivity contribution in [1.82, 2.24) is 10.6 Å². The maximum absolute atomic E-state index is 12.6. The van der Waals surface area contributed by atoms with Gasteiger partial charge < -0.3 is 10.6 Å². The Morgan fingerprint density at radius 2 is 1.66 bits per heavy atom. The van der Waals surface area contributed by atoms with Crippen molar-refractivity contribution in [3.8, 4) is 0 Å². The van der Waals surface area contributed by atoms with Crippen molar-refractivity contribution in [2.24, 2.45) is 4.99 Å².